The summed E-state index contributed by atoms with van der Waals surface area (Å²) in [6.07, 6.45) is 4.11. The van der Waals surface area contributed by atoms with Gasteiger partial charge in [0.1, 0.15) is 40.7 Å². The van der Waals surface area contributed by atoms with E-state index in [1.165, 1.54) is 43.0 Å². The fraction of sp³-hybridized carbons (Fsp3) is 0.375. The van der Waals surface area contributed by atoms with Crippen molar-refractivity contribution in [1.82, 2.24) is 44.4 Å². The summed E-state index contributed by atoms with van der Waals surface area (Å²) < 4.78 is 77.3. The van der Waals surface area contributed by atoms with Gasteiger partial charge < -0.3 is 40.7 Å². The second-order valence-corrected chi connectivity index (χ2v) is 28.0. The molecule has 0 saturated carbocycles. The number of nitrogen functional groups attached to an aromatic ring is 2. The van der Waals surface area contributed by atoms with Crippen LogP contribution in [0.3, 0.4) is 0 Å². The quantitative estimate of drug-likeness (QED) is 0.113. The Balaban J connectivity index is 0.000000177. The van der Waals surface area contributed by atoms with Crippen LogP contribution in [0.2, 0.25) is 0 Å². The summed E-state index contributed by atoms with van der Waals surface area (Å²) >= 11 is 0. The molecule has 0 aliphatic carbocycles. The second kappa shape index (κ2) is 23.5. The predicted octanol–water partition coefficient (Wildman–Crippen LogP) is 12.4. The molecule has 0 bridgehead atoms. The first-order valence-corrected chi connectivity index (χ1v) is 32.5. The highest BCUT2D eigenvalue weighted by atomic mass is 19.1. The number of halogens is 4. The Bertz CT molecular complexity index is 5160. The van der Waals surface area contributed by atoms with E-state index in [4.69, 9.17) is 16.2 Å². The molecule has 4 aliphatic rings. The van der Waals surface area contributed by atoms with E-state index in [0.717, 1.165) is 6.42 Å². The van der Waals surface area contributed by atoms with Crippen molar-refractivity contribution >= 4 is 95.9 Å². The minimum Gasteiger partial charge on any atom is -0.444 e. The first-order valence-electron chi connectivity index (χ1n) is 32.5. The summed E-state index contributed by atoms with van der Waals surface area (Å²) in [6.45, 7) is 24.5. The van der Waals surface area contributed by atoms with Crippen LogP contribution < -0.4 is 42.2 Å². The number of nitrogens with two attached hydrogens (primary N) is 2. The molecule has 3 amide bonds. The molecule has 2 fully saturated rings. The lowest BCUT2D eigenvalue weighted by Gasteiger charge is -2.50. The first-order chi connectivity index (χ1) is 45.8. The number of benzene rings is 4. The van der Waals surface area contributed by atoms with Crippen LogP contribution >= 0.6 is 0 Å². The number of ether oxygens (including phenoxy) is 1. The van der Waals surface area contributed by atoms with Crippen molar-refractivity contribution in [2.45, 2.75) is 138 Å². The molecule has 14 rings (SSSR count). The van der Waals surface area contributed by atoms with Gasteiger partial charge in [-0.05, 0) is 145 Å². The number of hydrogen-bond acceptors (Lipinski definition) is 14. The molecule has 6 aromatic heterocycles. The van der Waals surface area contributed by atoms with Gasteiger partial charge >= 0.3 is 6.09 Å². The zero-order valence-electron chi connectivity index (χ0n) is 56.8. The van der Waals surface area contributed by atoms with Crippen LogP contribution in [0.5, 0.6) is 0 Å². The number of piperidine rings is 1. The van der Waals surface area contributed by atoms with E-state index in [9.17, 15) is 19.2 Å². The van der Waals surface area contributed by atoms with Crippen molar-refractivity contribution < 1.29 is 36.7 Å². The minimum absolute atomic E-state index is 0.0338. The molecule has 4 aliphatic heterocycles. The molecule has 4 atom stereocenters. The number of H-pyrrole nitrogens is 2. The Hall–Kier alpha value is -10.3. The number of aromatic nitrogens is 8. The van der Waals surface area contributed by atoms with Crippen LogP contribution in [-0.2, 0) is 14.3 Å². The number of pyridine rings is 4. The average molecular weight is 1320 g/mol. The predicted molar refractivity (Wildman–Crippen MR) is 371 cm³/mol. The number of aromatic amines is 2. The van der Waals surface area contributed by atoms with Gasteiger partial charge in [-0.3, -0.25) is 48.5 Å². The molecule has 2 saturated heterocycles. The van der Waals surface area contributed by atoms with Crippen LogP contribution in [-0.4, -0.2) is 120 Å². The number of aryl methyl sites for hydroxylation is 4. The summed E-state index contributed by atoms with van der Waals surface area (Å²) in [5.41, 5.74) is 16.0. The monoisotopic (exact) mass is 1320 g/mol. The lowest BCUT2D eigenvalue weighted by molar-refractivity contribution is -0.121. The number of fused-ring (bicyclic) bond motifs is 12. The van der Waals surface area contributed by atoms with Gasteiger partial charge in [0, 0.05) is 67.5 Å². The fourth-order valence-corrected chi connectivity index (χ4v) is 15.0. The SMILES string of the molecule is Cc1ccnc(C(C)C)c1-n1c(=O)c2c(c3cc(F)c(-c4c(C)ccc5[nH]nc(N)c45)c(F)c31)N1C[C@@H](C)CC[C@@H]1C(=O)N2C.Cc1ccnc(C(C)C)c1-n1c(=O)c2c(c3cc(F)c(-c4c(C)ccc5[nH]nc(N)c45)c(F)c31)N1C[C@@H](C)N(C(=O)OC(C)(C)C)C[C@@H]1C(=O)N2C. The number of likely N-dealkylation sites (N-methyl/N-ethyl adjacent to an activating group) is 2. The van der Waals surface area contributed by atoms with Crippen molar-refractivity contribution in [3.05, 3.63) is 139 Å². The zero-order valence-corrected chi connectivity index (χ0v) is 56.8. The van der Waals surface area contributed by atoms with Crippen molar-refractivity contribution in [3.8, 4) is 33.6 Å². The lowest BCUT2D eigenvalue weighted by Crippen LogP contribution is -2.66. The Morgan fingerprint density at radius 1 is 0.577 bits per heavy atom. The highest BCUT2D eigenvalue weighted by Gasteiger charge is 2.49. The van der Waals surface area contributed by atoms with Crippen molar-refractivity contribution in [3.63, 3.8) is 0 Å². The molecule has 504 valence electrons. The molecule has 4 aromatic carbocycles. The molecule has 0 unspecified atom stereocenters. The van der Waals surface area contributed by atoms with E-state index in [1.807, 2.05) is 39.5 Å². The summed E-state index contributed by atoms with van der Waals surface area (Å²) in [6, 6.07) is 11.0. The summed E-state index contributed by atoms with van der Waals surface area (Å²) in [5.74, 6) is -4.17. The Morgan fingerprint density at radius 3 is 1.44 bits per heavy atom. The number of anilines is 6. The molecule has 25 heteroatoms. The normalized spacial score (nSPS) is 18.0. The number of amides is 3. The first kappa shape index (κ1) is 65.3. The summed E-state index contributed by atoms with van der Waals surface area (Å²) in [4.78, 5) is 88.0. The van der Waals surface area contributed by atoms with E-state index < -0.39 is 70.1 Å². The number of nitrogens with zero attached hydrogens (tertiary/aromatic N) is 11. The minimum atomic E-state index is -0.986. The third-order valence-electron chi connectivity index (χ3n) is 19.5. The maximum atomic E-state index is 17.9. The summed E-state index contributed by atoms with van der Waals surface area (Å²) in [7, 11) is 3.04. The highest BCUT2D eigenvalue weighted by Crippen LogP contribution is 2.50. The number of carbonyl (C=O) groups is 3. The van der Waals surface area contributed by atoms with Gasteiger partial charge in [0.2, 0.25) is 5.91 Å². The molecule has 21 nitrogen and oxygen atoms in total. The van der Waals surface area contributed by atoms with E-state index in [-0.39, 0.29) is 110 Å². The Kier molecular flexibility index (Phi) is 15.8. The lowest BCUT2D eigenvalue weighted by atomic mass is 9.89. The van der Waals surface area contributed by atoms with E-state index >= 15 is 22.4 Å². The van der Waals surface area contributed by atoms with E-state index in [1.54, 1.807) is 109 Å². The molecular formula is C72H77F4N15O6. The van der Waals surface area contributed by atoms with Crippen LogP contribution in [0, 0.1) is 56.9 Å². The number of nitrogens with one attached hydrogen (secondary N) is 2. The average Bonchev–Trinajstić information content (AvgIpc) is 1.52. The van der Waals surface area contributed by atoms with Gasteiger partial charge in [-0.2, -0.15) is 10.2 Å². The van der Waals surface area contributed by atoms with Gasteiger partial charge in [0.05, 0.1) is 84.6 Å². The topological polar surface area (TPSA) is 256 Å². The Labute approximate surface area is 556 Å². The maximum Gasteiger partial charge on any atom is 0.410 e. The molecule has 97 heavy (non-hydrogen) atoms. The Morgan fingerprint density at radius 2 is 1.01 bits per heavy atom. The standard InChI is InChI=1S/C38H42F2N8O4.C34H35F2N7O2/c1-17(2)29-30(19(4)12-13-42-29)48-31-21(14-22(39)26(28(31)40)25-18(3)10-11-23-27(25)34(41)44-43-23)32-33(36(48)50)45(9)35(49)24-16-46(20(5)15-47(24)32)37(51)52-38(6,7)8;1-15(2)27-28(18(5)11-12-38-27)43-29-19(30-31(34(43)45)41(6)33(44)22-10-7-16(3)14-42(22)30)13-20(35)24(26(29)36)23-17(4)8-9-21-25(23)32(37)40-39-21/h10-14,17,20,24H,15-16H2,1-9H3,(H3,41,43,44);8-9,11-13,15-16,22H,7,10,14H2,1-6H3,(H3,37,39,40)/t20-,24-;16-,22+/m10/s1. The fourth-order valence-electron chi connectivity index (χ4n) is 15.0. The number of piperazine rings is 1. The molecule has 0 radical (unpaired) electrons. The van der Waals surface area contributed by atoms with Gasteiger partial charge in [-0.1, -0.05) is 46.8 Å². The van der Waals surface area contributed by atoms with Gasteiger partial charge in [0.15, 0.2) is 23.3 Å². The van der Waals surface area contributed by atoms with Crippen molar-refractivity contribution in [2.24, 2.45) is 5.92 Å². The van der Waals surface area contributed by atoms with Gasteiger partial charge in [-0.25, -0.2) is 22.4 Å². The van der Waals surface area contributed by atoms with Crippen LogP contribution in [0.1, 0.15) is 121 Å². The smallest absolute Gasteiger partial charge is 0.410 e. The summed E-state index contributed by atoms with van der Waals surface area (Å²) in [5, 5.41) is 14.9. The molecular weight excluding hydrogens is 1250 g/mol. The van der Waals surface area contributed by atoms with Crippen molar-refractivity contribution in [1.29, 1.82) is 0 Å². The van der Waals surface area contributed by atoms with Gasteiger partial charge in [0.25, 0.3) is 17.0 Å². The largest absolute Gasteiger partial charge is 0.444 e. The molecule has 10 aromatic rings. The van der Waals surface area contributed by atoms with Crippen molar-refractivity contribution in [2.75, 3.05) is 64.8 Å². The number of hydrogen-bond donors (Lipinski definition) is 4. The second-order valence-electron chi connectivity index (χ2n) is 28.0. The van der Waals surface area contributed by atoms with Gasteiger partial charge in [-0.15, -0.1) is 0 Å². The van der Waals surface area contributed by atoms with E-state index in [0.29, 0.717) is 85.5 Å². The molecule has 6 N–H and O–H groups in total. The maximum absolute atomic E-state index is 17.9. The highest BCUT2D eigenvalue weighted by molar-refractivity contribution is 6.15. The molecule has 10 heterocycles. The van der Waals surface area contributed by atoms with E-state index in [2.05, 4.69) is 37.3 Å². The third-order valence-corrected chi connectivity index (χ3v) is 19.5. The number of carbonyl (C=O) groups excluding carboxylic acids is 3. The molecule has 0 spiro atoms. The van der Waals surface area contributed by atoms with Crippen LogP contribution in [0.4, 0.5) is 56.7 Å². The van der Waals surface area contributed by atoms with Crippen LogP contribution in [0.25, 0.3) is 77.2 Å². The zero-order chi connectivity index (χ0) is 69.8. The number of rotatable bonds is 6. The van der Waals surface area contributed by atoms with Crippen LogP contribution in [0.15, 0.2) is 70.5 Å². The third kappa shape index (κ3) is 10.1.